The van der Waals surface area contributed by atoms with E-state index in [1.165, 1.54) is 0 Å². The first kappa shape index (κ1) is 14.3. The molecule has 2 rings (SSSR count). The first-order valence-electron chi connectivity index (χ1n) is 5.50. The van der Waals surface area contributed by atoms with Crippen molar-refractivity contribution >= 4 is 50.1 Å². The third kappa shape index (κ3) is 3.70. The summed E-state index contributed by atoms with van der Waals surface area (Å²) in [4.78, 5) is 12.2. The van der Waals surface area contributed by atoms with Gasteiger partial charge in [0.05, 0.1) is 12.7 Å². The molecule has 0 heterocycles. The second-order valence-corrected chi connectivity index (χ2v) is 5.97. The van der Waals surface area contributed by atoms with Crippen LogP contribution in [0.15, 0.2) is 46.9 Å². The van der Waals surface area contributed by atoms with Gasteiger partial charge in [-0.3, -0.25) is 4.79 Å². The Morgan fingerprint density at radius 3 is 2.53 bits per heavy atom. The normalized spacial score (nSPS) is 10.1. The molecule has 0 saturated carbocycles. The summed E-state index contributed by atoms with van der Waals surface area (Å²) in [6.45, 7) is 0. The zero-order chi connectivity index (χ0) is 13.8. The first-order chi connectivity index (χ1) is 9.10. The average molecular weight is 432 g/mol. The van der Waals surface area contributed by atoms with Crippen LogP contribution in [0.3, 0.4) is 0 Å². The predicted octanol–water partition coefficient (Wildman–Crippen LogP) is 4.31. The molecular formula is C14H11BrINO2. The van der Waals surface area contributed by atoms with E-state index in [9.17, 15) is 4.79 Å². The van der Waals surface area contributed by atoms with Crippen LogP contribution in [-0.4, -0.2) is 13.0 Å². The van der Waals surface area contributed by atoms with Gasteiger partial charge in [0.2, 0.25) is 0 Å². The third-order valence-corrected chi connectivity index (χ3v) is 3.72. The van der Waals surface area contributed by atoms with Crippen molar-refractivity contribution in [3.63, 3.8) is 0 Å². The number of halogens is 2. The Balaban J connectivity index is 2.24. The average Bonchev–Trinajstić information content (AvgIpc) is 2.41. The lowest BCUT2D eigenvalue weighted by atomic mass is 10.2. The molecule has 19 heavy (non-hydrogen) atoms. The molecule has 0 atom stereocenters. The summed E-state index contributed by atoms with van der Waals surface area (Å²) in [6, 6.07) is 12.9. The Morgan fingerprint density at radius 1 is 1.21 bits per heavy atom. The lowest BCUT2D eigenvalue weighted by Gasteiger charge is -2.10. The van der Waals surface area contributed by atoms with Crippen molar-refractivity contribution < 1.29 is 9.53 Å². The van der Waals surface area contributed by atoms with Gasteiger partial charge in [-0.05, 0) is 65.1 Å². The van der Waals surface area contributed by atoms with Crippen LogP contribution >= 0.6 is 38.5 Å². The van der Waals surface area contributed by atoms with Crippen molar-refractivity contribution in [3.8, 4) is 5.75 Å². The van der Waals surface area contributed by atoms with Gasteiger partial charge >= 0.3 is 0 Å². The summed E-state index contributed by atoms with van der Waals surface area (Å²) in [7, 11) is 1.55. The van der Waals surface area contributed by atoms with Gasteiger partial charge in [0.15, 0.2) is 0 Å². The van der Waals surface area contributed by atoms with Crippen molar-refractivity contribution in [2.24, 2.45) is 0 Å². The molecule has 0 fully saturated rings. The minimum atomic E-state index is -0.195. The van der Waals surface area contributed by atoms with E-state index in [2.05, 4.69) is 43.8 Å². The van der Waals surface area contributed by atoms with Gasteiger partial charge < -0.3 is 10.1 Å². The predicted molar refractivity (Wildman–Crippen MR) is 87.8 cm³/mol. The molecule has 0 unspecified atom stereocenters. The second kappa shape index (κ2) is 6.38. The van der Waals surface area contributed by atoms with Gasteiger partial charge in [0.25, 0.3) is 5.91 Å². The molecule has 0 aliphatic heterocycles. The molecule has 5 heteroatoms. The van der Waals surface area contributed by atoms with E-state index >= 15 is 0 Å². The molecule has 1 N–H and O–H groups in total. The van der Waals surface area contributed by atoms with Gasteiger partial charge in [-0.1, -0.05) is 15.9 Å². The number of nitrogens with one attached hydrogen (secondary N) is 1. The van der Waals surface area contributed by atoms with Crippen molar-refractivity contribution in [1.82, 2.24) is 0 Å². The number of carbonyl (C=O) groups excluding carboxylic acids is 1. The van der Waals surface area contributed by atoms with Crippen LogP contribution in [0.2, 0.25) is 0 Å². The Hall–Kier alpha value is -1.08. The van der Waals surface area contributed by atoms with Crippen molar-refractivity contribution in [3.05, 3.63) is 56.1 Å². The molecule has 2 aromatic carbocycles. The summed E-state index contributed by atoms with van der Waals surface area (Å²) in [5.74, 6) is 0.352. The largest absolute Gasteiger partial charge is 0.496 e. The highest BCUT2D eigenvalue weighted by molar-refractivity contribution is 14.1. The smallest absolute Gasteiger partial charge is 0.259 e. The Bertz CT molecular complexity index is 599. The monoisotopic (exact) mass is 431 g/mol. The summed E-state index contributed by atoms with van der Waals surface area (Å²) in [5, 5.41) is 2.84. The maximum Gasteiger partial charge on any atom is 0.259 e. The summed E-state index contributed by atoms with van der Waals surface area (Å²) in [6.07, 6.45) is 0. The number of ether oxygens (including phenoxy) is 1. The fraction of sp³-hybridized carbons (Fsp3) is 0.0714. The number of methoxy groups -OCH3 is 1. The fourth-order valence-electron chi connectivity index (χ4n) is 1.59. The molecule has 0 aliphatic rings. The van der Waals surface area contributed by atoms with E-state index in [0.29, 0.717) is 11.3 Å². The second-order valence-electron chi connectivity index (χ2n) is 3.81. The quantitative estimate of drug-likeness (QED) is 0.735. The zero-order valence-electron chi connectivity index (χ0n) is 10.1. The van der Waals surface area contributed by atoms with Crippen molar-refractivity contribution in [1.29, 1.82) is 0 Å². The van der Waals surface area contributed by atoms with Crippen LogP contribution in [0.1, 0.15) is 10.4 Å². The molecule has 1 amide bonds. The number of anilines is 1. The highest BCUT2D eigenvalue weighted by Crippen LogP contribution is 2.24. The minimum absolute atomic E-state index is 0.195. The van der Waals surface area contributed by atoms with E-state index < -0.39 is 0 Å². The topological polar surface area (TPSA) is 38.3 Å². The van der Waals surface area contributed by atoms with E-state index in [1.54, 1.807) is 19.2 Å². The molecule has 98 valence electrons. The SMILES string of the molecule is COc1ccc(Br)cc1C(=O)Nc1ccc(I)cc1. The Kier molecular flexibility index (Phi) is 4.81. The first-order valence-corrected chi connectivity index (χ1v) is 7.38. The van der Waals surface area contributed by atoms with Crippen LogP contribution in [0.25, 0.3) is 0 Å². The van der Waals surface area contributed by atoms with Gasteiger partial charge in [-0.25, -0.2) is 0 Å². The molecule has 0 spiro atoms. The number of hydrogen-bond acceptors (Lipinski definition) is 2. The van der Waals surface area contributed by atoms with E-state index in [-0.39, 0.29) is 5.91 Å². The minimum Gasteiger partial charge on any atom is -0.496 e. The van der Waals surface area contributed by atoms with Gasteiger partial charge in [-0.2, -0.15) is 0 Å². The molecule has 0 aromatic heterocycles. The van der Waals surface area contributed by atoms with Gasteiger partial charge in [-0.15, -0.1) is 0 Å². The number of benzene rings is 2. The lowest BCUT2D eigenvalue weighted by molar-refractivity contribution is 0.102. The Labute approximate surface area is 133 Å². The van der Waals surface area contributed by atoms with Crippen LogP contribution in [0, 0.1) is 3.57 Å². The summed E-state index contributed by atoms with van der Waals surface area (Å²) in [5.41, 5.74) is 1.25. The third-order valence-electron chi connectivity index (χ3n) is 2.51. The molecule has 2 aromatic rings. The summed E-state index contributed by atoms with van der Waals surface area (Å²) >= 11 is 5.57. The van der Waals surface area contributed by atoms with E-state index in [0.717, 1.165) is 13.7 Å². The fourth-order valence-corrected chi connectivity index (χ4v) is 2.31. The number of rotatable bonds is 3. The van der Waals surface area contributed by atoms with Crippen LogP contribution in [0.5, 0.6) is 5.75 Å². The maximum atomic E-state index is 12.2. The van der Waals surface area contributed by atoms with Crippen LogP contribution in [0.4, 0.5) is 5.69 Å². The van der Waals surface area contributed by atoms with Crippen molar-refractivity contribution in [2.45, 2.75) is 0 Å². The molecule has 3 nitrogen and oxygen atoms in total. The maximum absolute atomic E-state index is 12.2. The number of hydrogen-bond donors (Lipinski definition) is 1. The standard InChI is InChI=1S/C14H11BrINO2/c1-19-13-7-2-9(15)8-12(13)14(18)17-11-5-3-10(16)4-6-11/h2-8H,1H3,(H,17,18). The molecule has 0 aliphatic carbocycles. The molecule has 0 radical (unpaired) electrons. The number of amides is 1. The van der Waals surface area contributed by atoms with Gasteiger partial charge in [0.1, 0.15) is 5.75 Å². The van der Waals surface area contributed by atoms with E-state index in [1.807, 2.05) is 30.3 Å². The van der Waals surface area contributed by atoms with Crippen LogP contribution in [-0.2, 0) is 0 Å². The van der Waals surface area contributed by atoms with Gasteiger partial charge in [0, 0.05) is 13.7 Å². The number of carbonyl (C=O) groups is 1. The highest BCUT2D eigenvalue weighted by atomic mass is 127. The van der Waals surface area contributed by atoms with Crippen LogP contribution < -0.4 is 10.1 Å². The Morgan fingerprint density at radius 2 is 1.89 bits per heavy atom. The lowest BCUT2D eigenvalue weighted by Crippen LogP contribution is -2.13. The molecular weight excluding hydrogens is 421 g/mol. The summed E-state index contributed by atoms with van der Waals surface area (Å²) < 4.78 is 7.15. The molecule has 0 bridgehead atoms. The van der Waals surface area contributed by atoms with Crippen molar-refractivity contribution in [2.75, 3.05) is 12.4 Å². The zero-order valence-corrected chi connectivity index (χ0v) is 13.9. The molecule has 0 saturated heterocycles. The highest BCUT2D eigenvalue weighted by Gasteiger charge is 2.12. The van der Waals surface area contributed by atoms with E-state index in [4.69, 9.17) is 4.74 Å².